The molecular weight excluding hydrogens is 190 g/mol. The molecule has 0 spiro atoms. The first-order chi connectivity index (χ1) is 7.00. The van der Waals surface area contributed by atoms with Crippen LogP contribution >= 0.6 is 0 Å². The summed E-state index contributed by atoms with van der Waals surface area (Å²) in [6.07, 6.45) is 2.75. The minimum absolute atomic E-state index is 0.150. The summed E-state index contributed by atoms with van der Waals surface area (Å²) in [6, 6.07) is 5.33. The number of rotatable bonds is 3. The minimum Gasteiger partial charge on any atom is -0.507 e. The number of hydrogen-bond acceptors (Lipinski definition) is 2. The molecule has 0 fully saturated rings. The molecule has 0 unspecified atom stereocenters. The van der Waals surface area contributed by atoms with E-state index in [4.69, 9.17) is 5.73 Å². The van der Waals surface area contributed by atoms with E-state index in [0.29, 0.717) is 11.5 Å². The van der Waals surface area contributed by atoms with Crippen LogP contribution in [0.5, 0.6) is 5.75 Å². The lowest BCUT2D eigenvalue weighted by atomic mass is 10.00. The maximum atomic E-state index is 10.6. The number of nitrogens with two attached hydrogens (primary N) is 1. The van der Waals surface area contributed by atoms with Gasteiger partial charge in [-0.1, -0.05) is 19.9 Å². The third-order valence-electron chi connectivity index (χ3n) is 2.15. The number of carbonyl (C=O) groups is 1. The average molecular weight is 205 g/mol. The Kier molecular flexibility index (Phi) is 3.50. The molecule has 0 aliphatic heterocycles. The molecule has 0 heterocycles. The van der Waals surface area contributed by atoms with E-state index in [-0.39, 0.29) is 5.75 Å². The smallest absolute Gasteiger partial charge is 0.241 e. The number of hydrogen-bond donors (Lipinski definition) is 2. The zero-order valence-corrected chi connectivity index (χ0v) is 8.90. The zero-order chi connectivity index (χ0) is 11.4. The van der Waals surface area contributed by atoms with Gasteiger partial charge in [0.05, 0.1) is 0 Å². The molecule has 3 heteroatoms. The van der Waals surface area contributed by atoms with Crippen molar-refractivity contribution in [2.24, 2.45) is 5.73 Å². The molecule has 0 saturated carbocycles. The summed E-state index contributed by atoms with van der Waals surface area (Å²) in [6.45, 7) is 4.13. The lowest BCUT2D eigenvalue weighted by Gasteiger charge is -2.07. The Balaban J connectivity index is 3.05. The summed E-state index contributed by atoms with van der Waals surface area (Å²) >= 11 is 0. The van der Waals surface area contributed by atoms with Crippen molar-refractivity contribution in [2.75, 3.05) is 0 Å². The van der Waals surface area contributed by atoms with E-state index in [0.717, 1.165) is 5.56 Å². The number of amides is 1. The first kappa shape index (κ1) is 11.3. The van der Waals surface area contributed by atoms with E-state index in [9.17, 15) is 9.90 Å². The number of phenolic OH excluding ortho intramolecular Hbond substituents is 1. The van der Waals surface area contributed by atoms with Crippen molar-refractivity contribution in [1.29, 1.82) is 0 Å². The molecule has 0 aromatic heterocycles. The highest BCUT2D eigenvalue weighted by atomic mass is 16.3. The zero-order valence-electron chi connectivity index (χ0n) is 8.90. The largest absolute Gasteiger partial charge is 0.507 e. The Morgan fingerprint density at radius 1 is 1.47 bits per heavy atom. The average Bonchev–Trinajstić information content (AvgIpc) is 2.16. The number of phenols is 1. The maximum absolute atomic E-state index is 10.6. The predicted molar refractivity (Wildman–Crippen MR) is 60.4 cm³/mol. The van der Waals surface area contributed by atoms with Crippen LogP contribution in [-0.4, -0.2) is 11.0 Å². The van der Waals surface area contributed by atoms with Crippen LogP contribution in [0.15, 0.2) is 24.3 Å². The first-order valence-electron chi connectivity index (χ1n) is 4.81. The molecule has 0 aliphatic rings. The quantitative estimate of drug-likeness (QED) is 0.741. The molecule has 0 bridgehead atoms. The Labute approximate surface area is 89.2 Å². The van der Waals surface area contributed by atoms with Crippen molar-refractivity contribution in [2.45, 2.75) is 19.8 Å². The molecule has 15 heavy (non-hydrogen) atoms. The molecule has 0 aliphatic carbocycles. The van der Waals surface area contributed by atoms with Gasteiger partial charge in [0.1, 0.15) is 5.75 Å². The number of aromatic hydroxyl groups is 1. The molecule has 0 saturated heterocycles. The predicted octanol–water partition coefficient (Wildman–Crippen LogP) is 2.01. The van der Waals surface area contributed by atoms with E-state index in [1.54, 1.807) is 6.07 Å². The minimum atomic E-state index is -0.524. The molecule has 1 aromatic rings. The van der Waals surface area contributed by atoms with Gasteiger partial charge >= 0.3 is 0 Å². The Hall–Kier alpha value is -1.77. The van der Waals surface area contributed by atoms with Gasteiger partial charge in [-0.25, -0.2) is 0 Å². The first-order valence-corrected chi connectivity index (χ1v) is 4.81. The Bertz CT molecular complexity index is 395. The lowest BCUT2D eigenvalue weighted by molar-refractivity contribution is -0.113. The highest BCUT2D eigenvalue weighted by Crippen LogP contribution is 2.24. The summed E-state index contributed by atoms with van der Waals surface area (Å²) in [5.74, 6) is 0.00702. The monoisotopic (exact) mass is 205 g/mol. The summed E-state index contributed by atoms with van der Waals surface area (Å²) in [7, 11) is 0. The topological polar surface area (TPSA) is 63.3 Å². The van der Waals surface area contributed by atoms with Crippen LogP contribution in [0, 0.1) is 0 Å². The van der Waals surface area contributed by atoms with E-state index < -0.39 is 5.91 Å². The van der Waals surface area contributed by atoms with Crippen LogP contribution in [0.3, 0.4) is 0 Å². The second-order valence-corrected chi connectivity index (χ2v) is 3.71. The maximum Gasteiger partial charge on any atom is 0.241 e. The van der Waals surface area contributed by atoms with Gasteiger partial charge < -0.3 is 10.8 Å². The molecule has 1 amide bonds. The van der Waals surface area contributed by atoms with Crippen LogP contribution in [0.2, 0.25) is 0 Å². The van der Waals surface area contributed by atoms with E-state index >= 15 is 0 Å². The molecule has 80 valence electrons. The number of primary amides is 1. The van der Waals surface area contributed by atoms with Gasteiger partial charge in [-0.3, -0.25) is 4.79 Å². The molecule has 0 radical (unpaired) electrons. The molecule has 1 rings (SSSR count). The van der Waals surface area contributed by atoms with Crippen molar-refractivity contribution >= 4 is 12.0 Å². The van der Waals surface area contributed by atoms with Gasteiger partial charge in [0, 0.05) is 11.6 Å². The van der Waals surface area contributed by atoms with Crippen molar-refractivity contribution in [3.8, 4) is 5.75 Å². The van der Waals surface area contributed by atoms with Crippen LogP contribution in [0.25, 0.3) is 6.08 Å². The van der Waals surface area contributed by atoms with Gasteiger partial charge in [0.15, 0.2) is 0 Å². The number of carbonyl (C=O) groups excluding carboxylic acids is 1. The second kappa shape index (κ2) is 4.64. The third kappa shape index (κ3) is 3.13. The highest BCUT2D eigenvalue weighted by molar-refractivity contribution is 5.90. The van der Waals surface area contributed by atoms with Gasteiger partial charge in [-0.15, -0.1) is 0 Å². The second-order valence-electron chi connectivity index (χ2n) is 3.71. The van der Waals surface area contributed by atoms with Crippen LogP contribution in [0.4, 0.5) is 0 Å². The fourth-order valence-corrected chi connectivity index (χ4v) is 1.24. The fourth-order valence-electron chi connectivity index (χ4n) is 1.24. The summed E-state index contributed by atoms with van der Waals surface area (Å²) < 4.78 is 0. The molecule has 3 nitrogen and oxygen atoms in total. The number of benzene rings is 1. The van der Waals surface area contributed by atoms with Crippen LogP contribution < -0.4 is 5.73 Å². The normalized spacial score (nSPS) is 11.1. The Morgan fingerprint density at radius 2 is 2.13 bits per heavy atom. The van der Waals surface area contributed by atoms with Crippen LogP contribution in [0.1, 0.15) is 30.9 Å². The summed E-state index contributed by atoms with van der Waals surface area (Å²) in [4.78, 5) is 10.6. The molecular formula is C12H15NO2. The van der Waals surface area contributed by atoms with Gasteiger partial charge in [-0.2, -0.15) is 0 Å². The third-order valence-corrected chi connectivity index (χ3v) is 2.15. The van der Waals surface area contributed by atoms with E-state index in [1.807, 2.05) is 12.1 Å². The Morgan fingerprint density at radius 3 is 2.67 bits per heavy atom. The van der Waals surface area contributed by atoms with Gasteiger partial charge in [0.2, 0.25) is 5.91 Å². The van der Waals surface area contributed by atoms with Crippen molar-refractivity contribution < 1.29 is 9.90 Å². The summed E-state index contributed by atoms with van der Waals surface area (Å²) in [5, 5.41) is 9.53. The van der Waals surface area contributed by atoms with Crippen molar-refractivity contribution in [1.82, 2.24) is 0 Å². The summed E-state index contributed by atoms with van der Waals surface area (Å²) in [5.41, 5.74) is 6.70. The van der Waals surface area contributed by atoms with E-state index in [2.05, 4.69) is 13.8 Å². The van der Waals surface area contributed by atoms with Crippen molar-refractivity contribution in [3.63, 3.8) is 0 Å². The van der Waals surface area contributed by atoms with Gasteiger partial charge in [-0.05, 0) is 29.7 Å². The standard InChI is InChI=1S/C12H15NO2/c1-8(2)9-3-5-11(14)10(7-9)4-6-12(13)15/h3-8,14H,1-2H3,(H2,13,15)/b6-4-. The van der Waals surface area contributed by atoms with Crippen molar-refractivity contribution in [3.05, 3.63) is 35.4 Å². The van der Waals surface area contributed by atoms with Gasteiger partial charge in [0.25, 0.3) is 0 Å². The fraction of sp³-hybridized carbons (Fsp3) is 0.250. The van der Waals surface area contributed by atoms with E-state index in [1.165, 1.54) is 12.2 Å². The molecule has 0 atom stereocenters. The van der Waals surface area contributed by atoms with Crippen LogP contribution in [-0.2, 0) is 4.79 Å². The molecule has 1 aromatic carbocycles. The lowest BCUT2D eigenvalue weighted by Crippen LogP contribution is -2.05. The molecule has 3 N–H and O–H groups in total. The highest BCUT2D eigenvalue weighted by Gasteiger charge is 2.03. The SMILES string of the molecule is CC(C)c1ccc(O)c(/C=C\C(N)=O)c1.